The molecule has 0 radical (unpaired) electrons. The summed E-state index contributed by atoms with van der Waals surface area (Å²) in [6.07, 6.45) is 0.534. The first-order chi connectivity index (χ1) is 12.5. The second-order valence-corrected chi connectivity index (χ2v) is 7.59. The quantitative estimate of drug-likeness (QED) is 0.613. The highest BCUT2D eigenvalue weighted by atomic mass is 35.5. The van der Waals surface area contributed by atoms with E-state index in [0.29, 0.717) is 29.5 Å². The number of amides is 1. The first kappa shape index (κ1) is 20.5. The third-order valence-corrected chi connectivity index (χ3v) is 4.76. The fraction of sp³-hybridized carbons (Fsp3) is 0.350. The number of methoxy groups -OCH3 is 1. The van der Waals surface area contributed by atoms with E-state index < -0.39 is 0 Å². The maximum absolute atomic E-state index is 12.0. The second-order valence-electron chi connectivity index (χ2n) is 5.98. The van der Waals surface area contributed by atoms with Crippen LogP contribution in [0.1, 0.15) is 25.8 Å². The molecule has 0 aromatic heterocycles. The predicted molar refractivity (Wildman–Crippen MR) is 107 cm³/mol. The van der Waals surface area contributed by atoms with Crippen molar-refractivity contribution >= 4 is 29.3 Å². The Labute approximate surface area is 164 Å². The summed E-state index contributed by atoms with van der Waals surface area (Å²) in [7, 11) is 1.61. The van der Waals surface area contributed by atoms with Crippen LogP contribution < -0.4 is 14.8 Å². The molecular weight excluding hydrogens is 370 g/mol. The van der Waals surface area contributed by atoms with Gasteiger partial charge in [0.25, 0.3) is 0 Å². The van der Waals surface area contributed by atoms with Crippen molar-refractivity contribution in [2.45, 2.75) is 37.8 Å². The lowest BCUT2D eigenvalue weighted by Crippen LogP contribution is -2.23. The van der Waals surface area contributed by atoms with Gasteiger partial charge in [-0.1, -0.05) is 17.7 Å². The van der Waals surface area contributed by atoms with Gasteiger partial charge in [0.15, 0.2) is 11.5 Å². The molecule has 0 fully saturated rings. The van der Waals surface area contributed by atoms with Crippen LogP contribution in [0.4, 0.5) is 0 Å². The van der Waals surface area contributed by atoms with Gasteiger partial charge in [0, 0.05) is 28.6 Å². The van der Waals surface area contributed by atoms with Gasteiger partial charge in [0.2, 0.25) is 5.91 Å². The molecule has 0 bridgehead atoms. The van der Waals surface area contributed by atoms with E-state index in [1.165, 1.54) is 0 Å². The lowest BCUT2D eigenvalue weighted by molar-refractivity contribution is -0.120. The van der Waals surface area contributed by atoms with Gasteiger partial charge in [-0.3, -0.25) is 4.79 Å². The van der Waals surface area contributed by atoms with E-state index >= 15 is 0 Å². The van der Waals surface area contributed by atoms with Crippen LogP contribution in [0.5, 0.6) is 11.5 Å². The van der Waals surface area contributed by atoms with Crippen molar-refractivity contribution < 1.29 is 14.3 Å². The summed E-state index contributed by atoms with van der Waals surface area (Å²) >= 11 is 7.50. The summed E-state index contributed by atoms with van der Waals surface area (Å²) in [5.74, 6) is 2.12. The minimum atomic E-state index is 0.0212. The zero-order valence-corrected chi connectivity index (χ0v) is 16.8. The number of carbonyl (C=O) groups excluding carboxylic acids is 1. The number of thioether (sulfide) groups is 1. The van der Waals surface area contributed by atoms with Crippen molar-refractivity contribution in [2.75, 3.05) is 12.9 Å². The molecule has 26 heavy (non-hydrogen) atoms. The van der Waals surface area contributed by atoms with Crippen LogP contribution in [-0.4, -0.2) is 24.9 Å². The van der Waals surface area contributed by atoms with Crippen LogP contribution >= 0.6 is 23.4 Å². The van der Waals surface area contributed by atoms with E-state index in [-0.39, 0.29) is 12.0 Å². The van der Waals surface area contributed by atoms with Gasteiger partial charge in [-0.25, -0.2) is 0 Å². The van der Waals surface area contributed by atoms with E-state index in [1.807, 2.05) is 56.3 Å². The van der Waals surface area contributed by atoms with Crippen LogP contribution in [0.3, 0.4) is 0 Å². The highest BCUT2D eigenvalue weighted by Crippen LogP contribution is 2.29. The van der Waals surface area contributed by atoms with Crippen molar-refractivity contribution in [3.63, 3.8) is 0 Å². The van der Waals surface area contributed by atoms with E-state index in [9.17, 15) is 4.79 Å². The molecule has 0 aliphatic rings. The molecule has 2 aromatic carbocycles. The number of halogens is 1. The van der Waals surface area contributed by atoms with Gasteiger partial charge in [-0.05, 0) is 55.8 Å². The van der Waals surface area contributed by atoms with E-state index in [1.54, 1.807) is 18.9 Å². The summed E-state index contributed by atoms with van der Waals surface area (Å²) in [5.41, 5.74) is 0.969. The fourth-order valence-electron chi connectivity index (χ4n) is 2.25. The van der Waals surface area contributed by atoms with Gasteiger partial charge < -0.3 is 14.8 Å². The summed E-state index contributed by atoms with van der Waals surface area (Å²) < 4.78 is 11.1. The van der Waals surface area contributed by atoms with Crippen molar-refractivity contribution in [3.05, 3.63) is 53.1 Å². The number of benzene rings is 2. The maximum Gasteiger partial charge on any atom is 0.221 e. The third kappa shape index (κ3) is 6.81. The van der Waals surface area contributed by atoms with E-state index in [0.717, 1.165) is 16.2 Å². The van der Waals surface area contributed by atoms with Gasteiger partial charge >= 0.3 is 0 Å². The molecule has 0 atom stereocenters. The number of hydrogen-bond acceptors (Lipinski definition) is 4. The standard InChI is InChI=1S/C20H24ClNO3S/c1-14(2)25-18-9-4-15(12-19(18)24-3)13-22-20(23)10-11-26-17-7-5-16(21)6-8-17/h4-9,12,14H,10-11,13H2,1-3H3,(H,22,23). The van der Waals surface area contributed by atoms with Crippen LogP contribution in [-0.2, 0) is 11.3 Å². The Morgan fingerprint density at radius 1 is 1.15 bits per heavy atom. The number of carbonyl (C=O) groups is 1. The smallest absolute Gasteiger partial charge is 0.221 e. The number of ether oxygens (including phenoxy) is 2. The number of nitrogens with one attached hydrogen (secondary N) is 1. The molecule has 2 aromatic rings. The fourth-order valence-corrected chi connectivity index (χ4v) is 3.23. The van der Waals surface area contributed by atoms with Crippen molar-refractivity contribution in [1.82, 2.24) is 5.32 Å². The lowest BCUT2D eigenvalue weighted by Gasteiger charge is -2.14. The first-order valence-electron chi connectivity index (χ1n) is 8.46. The normalized spacial score (nSPS) is 10.7. The zero-order valence-electron chi connectivity index (χ0n) is 15.3. The zero-order chi connectivity index (χ0) is 18.9. The van der Waals surface area contributed by atoms with Crippen LogP contribution in [0.25, 0.3) is 0 Å². The molecule has 0 spiro atoms. The molecule has 4 nitrogen and oxygen atoms in total. The van der Waals surface area contributed by atoms with Gasteiger partial charge in [0.05, 0.1) is 13.2 Å². The number of hydrogen-bond donors (Lipinski definition) is 1. The molecule has 2 rings (SSSR count). The van der Waals surface area contributed by atoms with Crippen molar-refractivity contribution in [3.8, 4) is 11.5 Å². The van der Waals surface area contributed by atoms with Gasteiger partial charge in [-0.2, -0.15) is 0 Å². The van der Waals surface area contributed by atoms with Crippen LogP contribution in [0, 0.1) is 0 Å². The Hall–Kier alpha value is -1.85. The molecule has 0 saturated heterocycles. The molecule has 0 unspecified atom stereocenters. The van der Waals surface area contributed by atoms with E-state index in [2.05, 4.69) is 5.32 Å². The average molecular weight is 394 g/mol. The Bertz CT molecular complexity index is 719. The van der Waals surface area contributed by atoms with Gasteiger partial charge in [-0.15, -0.1) is 11.8 Å². The Morgan fingerprint density at radius 3 is 2.54 bits per heavy atom. The molecule has 0 saturated carbocycles. The second kappa shape index (κ2) is 10.3. The SMILES string of the molecule is COc1cc(CNC(=O)CCSc2ccc(Cl)cc2)ccc1OC(C)C. The molecule has 1 amide bonds. The minimum Gasteiger partial charge on any atom is -0.493 e. The summed E-state index contributed by atoms with van der Waals surface area (Å²) in [6.45, 7) is 4.40. The average Bonchev–Trinajstić information content (AvgIpc) is 2.62. The van der Waals surface area contributed by atoms with Crippen molar-refractivity contribution in [1.29, 1.82) is 0 Å². The Morgan fingerprint density at radius 2 is 1.88 bits per heavy atom. The van der Waals surface area contributed by atoms with Crippen LogP contribution in [0.2, 0.25) is 5.02 Å². The van der Waals surface area contributed by atoms with E-state index in [4.69, 9.17) is 21.1 Å². The maximum atomic E-state index is 12.0. The molecular formula is C20H24ClNO3S. The Balaban J connectivity index is 1.78. The molecule has 140 valence electrons. The molecule has 0 aliphatic carbocycles. The lowest BCUT2D eigenvalue weighted by atomic mass is 10.2. The predicted octanol–water partition coefficient (Wildman–Crippen LogP) is 4.93. The summed E-state index contributed by atoms with van der Waals surface area (Å²) in [5, 5.41) is 3.65. The molecule has 0 heterocycles. The molecule has 1 N–H and O–H groups in total. The summed E-state index contributed by atoms with van der Waals surface area (Å²) in [6, 6.07) is 13.3. The van der Waals surface area contributed by atoms with Crippen molar-refractivity contribution in [2.24, 2.45) is 0 Å². The highest BCUT2D eigenvalue weighted by molar-refractivity contribution is 7.99. The summed E-state index contributed by atoms with van der Waals surface area (Å²) in [4.78, 5) is 13.1. The topological polar surface area (TPSA) is 47.6 Å². The molecule has 0 aliphatic heterocycles. The van der Waals surface area contributed by atoms with Gasteiger partial charge in [0.1, 0.15) is 0 Å². The highest BCUT2D eigenvalue weighted by Gasteiger charge is 2.08. The largest absolute Gasteiger partial charge is 0.493 e. The van der Waals surface area contributed by atoms with Crippen LogP contribution in [0.15, 0.2) is 47.4 Å². The monoisotopic (exact) mass is 393 g/mol. The number of rotatable bonds is 9. The Kier molecular flexibility index (Phi) is 8.13. The minimum absolute atomic E-state index is 0.0212. The molecule has 6 heteroatoms. The third-order valence-electron chi connectivity index (χ3n) is 3.49. The first-order valence-corrected chi connectivity index (χ1v) is 9.83.